The molecule has 2 aromatic carbocycles. The highest BCUT2D eigenvalue weighted by Gasteiger charge is 2.23. The van der Waals surface area contributed by atoms with Gasteiger partial charge in [-0.05, 0) is 42.0 Å². The Morgan fingerprint density at radius 1 is 0.950 bits per heavy atom. The van der Waals surface area contributed by atoms with Crippen molar-refractivity contribution in [1.82, 2.24) is 0 Å². The molecule has 0 bridgehead atoms. The lowest BCUT2D eigenvalue weighted by molar-refractivity contribution is 0.0967. The first-order valence-electron chi connectivity index (χ1n) is 5.83. The summed E-state index contributed by atoms with van der Waals surface area (Å²) in [5.74, 6) is -0.466. The molecule has 1 atom stereocenters. The van der Waals surface area contributed by atoms with E-state index in [0.717, 1.165) is 0 Å². The number of hydrogen-bond acceptors (Lipinski definition) is 1. The predicted octanol–water partition coefficient (Wildman–Crippen LogP) is 5.85. The third kappa shape index (κ3) is 3.48. The number of benzene rings is 2. The van der Waals surface area contributed by atoms with Gasteiger partial charge in [-0.25, -0.2) is 0 Å². The van der Waals surface area contributed by atoms with Gasteiger partial charge in [0.1, 0.15) is 0 Å². The Hall–Kier alpha value is -0.730. The zero-order valence-corrected chi connectivity index (χ0v) is 13.3. The highest BCUT2D eigenvalue weighted by atomic mass is 35.5. The highest BCUT2D eigenvalue weighted by molar-refractivity contribution is 6.35. The molecule has 5 heteroatoms. The molecule has 0 aliphatic heterocycles. The second-order valence-corrected chi connectivity index (χ2v) is 5.83. The van der Waals surface area contributed by atoms with Crippen molar-refractivity contribution in [2.45, 2.75) is 5.92 Å². The van der Waals surface area contributed by atoms with Crippen LogP contribution in [0.15, 0.2) is 42.5 Å². The molecule has 0 fully saturated rings. The number of ketones is 1. The van der Waals surface area contributed by atoms with Crippen LogP contribution in [0, 0.1) is 0 Å². The number of rotatable bonds is 4. The van der Waals surface area contributed by atoms with Crippen LogP contribution >= 0.6 is 46.4 Å². The molecule has 0 spiro atoms. The van der Waals surface area contributed by atoms with Gasteiger partial charge in [-0.2, -0.15) is 0 Å². The van der Waals surface area contributed by atoms with Crippen LogP contribution in [0.25, 0.3) is 0 Å². The van der Waals surface area contributed by atoms with Crippen LogP contribution in [0.2, 0.25) is 15.1 Å². The number of carbonyl (C=O) groups is 1. The van der Waals surface area contributed by atoms with Gasteiger partial charge in [0.15, 0.2) is 5.78 Å². The molecule has 0 saturated carbocycles. The quantitative estimate of drug-likeness (QED) is 0.500. The fourth-order valence-electron chi connectivity index (χ4n) is 1.89. The normalized spacial score (nSPS) is 12.2. The van der Waals surface area contributed by atoms with Crippen LogP contribution in [0.3, 0.4) is 0 Å². The molecule has 2 rings (SSSR count). The first-order valence-corrected chi connectivity index (χ1v) is 7.50. The van der Waals surface area contributed by atoms with Gasteiger partial charge in [0.2, 0.25) is 0 Å². The van der Waals surface area contributed by atoms with E-state index in [0.29, 0.717) is 26.2 Å². The SMILES string of the molecule is O=C(c1ccc(Cl)cc1)C(CCl)c1ccc(Cl)cc1Cl. The van der Waals surface area contributed by atoms with E-state index in [1.807, 2.05) is 0 Å². The zero-order chi connectivity index (χ0) is 14.7. The molecule has 0 radical (unpaired) electrons. The average molecular weight is 348 g/mol. The summed E-state index contributed by atoms with van der Waals surface area (Å²) < 4.78 is 0. The van der Waals surface area contributed by atoms with Crippen LogP contribution in [0.1, 0.15) is 21.8 Å². The van der Waals surface area contributed by atoms with Crippen molar-refractivity contribution in [3.8, 4) is 0 Å². The molecular weight excluding hydrogens is 338 g/mol. The molecule has 0 amide bonds. The standard InChI is InChI=1S/C15H10Cl4O/c16-8-13(12-6-5-11(18)7-14(12)19)15(20)9-1-3-10(17)4-2-9/h1-7,13H,8H2. The van der Waals surface area contributed by atoms with Crippen LogP contribution in [-0.2, 0) is 0 Å². The maximum absolute atomic E-state index is 12.5. The first kappa shape index (κ1) is 15.7. The second kappa shape index (κ2) is 6.82. The fraction of sp³-hybridized carbons (Fsp3) is 0.133. The minimum absolute atomic E-state index is 0.0964. The zero-order valence-electron chi connectivity index (χ0n) is 10.2. The van der Waals surface area contributed by atoms with Crippen LogP contribution in [0.5, 0.6) is 0 Å². The molecule has 2 aromatic rings. The van der Waals surface area contributed by atoms with Gasteiger partial charge in [-0.1, -0.05) is 40.9 Å². The largest absolute Gasteiger partial charge is 0.293 e. The summed E-state index contributed by atoms with van der Waals surface area (Å²) in [7, 11) is 0. The Morgan fingerprint density at radius 3 is 2.10 bits per heavy atom. The summed E-state index contributed by atoms with van der Waals surface area (Å²) in [4.78, 5) is 12.5. The van der Waals surface area contributed by atoms with Gasteiger partial charge < -0.3 is 0 Å². The Bertz CT molecular complexity index is 622. The van der Waals surface area contributed by atoms with E-state index in [9.17, 15) is 4.79 Å². The van der Waals surface area contributed by atoms with E-state index in [-0.39, 0.29) is 11.7 Å². The van der Waals surface area contributed by atoms with E-state index in [1.165, 1.54) is 0 Å². The lowest BCUT2D eigenvalue weighted by atomic mass is 9.92. The lowest BCUT2D eigenvalue weighted by Gasteiger charge is -2.15. The Labute approximate surface area is 137 Å². The fourth-order valence-corrected chi connectivity index (χ4v) is 2.87. The van der Waals surface area contributed by atoms with E-state index in [1.54, 1.807) is 42.5 Å². The Balaban J connectivity index is 2.36. The molecule has 0 aliphatic rings. The molecular formula is C15H10Cl4O. The van der Waals surface area contributed by atoms with Gasteiger partial charge in [0.25, 0.3) is 0 Å². The minimum atomic E-state index is -0.511. The van der Waals surface area contributed by atoms with Gasteiger partial charge in [-0.15, -0.1) is 11.6 Å². The predicted molar refractivity (Wildman–Crippen MR) is 85.7 cm³/mol. The van der Waals surface area contributed by atoms with Crippen LogP contribution in [-0.4, -0.2) is 11.7 Å². The third-order valence-electron chi connectivity index (χ3n) is 2.94. The van der Waals surface area contributed by atoms with Crippen molar-refractivity contribution in [2.24, 2.45) is 0 Å². The summed E-state index contributed by atoms with van der Waals surface area (Å²) in [5.41, 5.74) is 1.22. The van der Waals surface area contributed by atoms with Crippen molar-refractivity contribution in [1.29, 1.82) is 0 Å². The number of carbonyl (C=O) groups excluding carboxylic acids is 1. The number of Topliss-reactive ketones (excluding diaryl/α,β-unsaturated/α-hetero) is 1. The number of halogens is 4. The monoisotopic (exact) mass is 346 g/mol. The first-order chi connectivity index (χ1) is 9.52. The number of hydrogen-bond donors (Lipinski definition) is 0. The highest BCUT2D eigenvalue weighted by Crippen LogP contribution is 2.31. The smallest absolute Gasteiger partial charge is 0.171 e. The summed E-state index contributed by atoms with van der Waals surface area (Å²) >= 11 is 23.8. The molecule has 0 aromatic heterocycles. The molecule has 0 aliphatic carbocycles. The van der Waals surface area contributed by atoms with Gasteiger partial charge in [0.05, 0.1) is 5.92 Å². The van der Waals surface area contributed by atoms with Gasteiger partial charge in [0, 0.05) is 26.5 Å². The molecule has 104 valence electrons. The van der Waals surface area contributed by atoms with Crippen molar-refractivity contribution in [2.75, 3.05) is 5.88 Å². The summed E-state index contributed by atoms with van der Waals surface area (Å²) in [6.07, 6.45) is 0. The molecule has 0 heterocycles. The van der Waals surface area contributed by atoms with Gasteiger partial charge in [-0.3, -0.25) is 4.79 Å². The summed E-state index contributed by atoms with van der Waals surface area (Å²) in [6, 6.07) is 11.7. The maximum atomic E-state index is 12.5. The molecule has 20 heavy (non-hydrogen) atoms. The van der Waals surface area contributed by atoms with Gasteiger partial charge >= 0.3 is 0 Å². The average Bonchev–Trinajstić information content (AvgIpc) is 2.42. The van der Waals surface area contributed by atoms with Crippen molar-refractivity contribution >= 4 is 52.2 Å². The molecule has 1 unspecified atom stereocenters. The van der Waals surface area contributed by atoms with Crippen molar-refractivity contribution < 1.29 is 4.79 Å². The van der Waals surface area contributed by atoms with E-state index < -0.39 is 5.92 Å². The summed E-state index contributed by atoms with van der Waals surface area (Å²) in [5, 5.41) is 1.53. The van der Waals surface area contributed by atoms with Crippen molar-refractivity contribution in [3.05, 3.63) is 68.7 Å². The van der Waals surface area contributed by atoms with E-state index in [2.05, 4.69) is 0 Å². The van der Waals surface area contributed by atoms with E-state index in [4.69, 9.17) is 46.4 Å². The topological polar surface area (TPSA) is 17.1 Å². The van der Waals surface area contributed by atoms with Crippen LogP contribution in [0.4, 0.5) is 0 Å². The lowest BCUT2D eigenvalue weighted by Crippen LogP contribution is -2.15. The molecule has 0 saturated heterocycles. The molecule has 1 nitrogen and oxygen atoms in total. The minimum Gasteiger partial charge on any atom is -0.293 e. The molecule has 0 N–H and O–H groups in total. The van der Waals surface area contributed by atoms with Crippen LogP contribution < -0.4 is 0 Å². The Morgan fingerprint density at radius 2 is 1.55 bits per heavy atom. The second-order valence-electron chi connectivity index (χ2n) is 4.24. The van der Waals surface area contributed by atoms with E-state index >= 15 is 0 Å². The van der Waals surface area contributed by atoms with Crippen molar-refractivity contribution in [3.63, 3.8) is 0 Å². The maximum Gasteiger partial charge on any atom is 0.171 e. The third-order valence-corrected chi connectivity index (χ3v) is 4.06. The summed E-state index contributed by atoms with van der Waals surface area (Å²) in [6.45, 7) is 0. The number of alkyl halides is 1. The Kier molecular flexibility index (Phi) is 5.34.